The van der Waals surface area contributed by atoms with Gasteiger partial charge in [-0.15, -0.1) is 0 Å². The molecular formula is C13H26O2Si. The van der Waals surface area contributed by atoms with Crippen LogP contribution in [-0.2, 0) is 4.43 Å². The normalized spacial score (nSPS) is 46.3. The molecular weight excluding hydrogens is 216 g/mol. The first-order valence-corrected chi connectivity index (χ1v) is 9.85. The molecule has 2 nitrogen and oxygen atoms in total. The van der Waals surface area contributed by atoms with E-state index in [-0.39, 0.29) is 6.10 Å². The Labute approximate surface area is 101 Å². The molecule has 0 aromatic heterocycles. The summed E-state index contributed by atoms with van der Waals surface area (Å²) in [4.78, 5) is 0. The number of aliphatic hydroxyl groups is 1. The zero-order chi connectivity index (χ0) is 12.4. The van der Waals surface area contributed by atoms with Crippen LogP contribution in [0.4, 0.5) is 0 Å². The van der Waals surface area contributed by atoms with Crippen LogP contribution in [0.5, 0.6) is 0 Å². The molecule has 2 saturated carbocycles. The summed E-state index contributed by atoms with van der Waals surface area (Å²) in [6.07, 6.45) is 2.02. The highest BCUT2D eigenvalue weighted by atomic mass is 28.4. The molecule has 3 heteroatoms. The molecule has 0 heterocycles. The van der Waals surface area contributed by atoms with Crippen molar-refractivity contribution in [2.45, 2.75) is 65.0 Å². The Hall–Kier alpha value is 0.137. The van der Waals surface area contributed by atoms with Crippen LogP contribution in [0.2, 0.25) is 19.6 Å². The SMILES string of the molecule is CC1(C)[C@@H]2C[C@@H](O[Si](C)(C)C)[C@@](C)(O)C[C@@H]21. The molecule has 4 atom stereocenters. The Kier molecular flexibility index (Phi) is 2.62. The van der Waals surface area contributed by atoms with Crippen molar-refractivity contribution in [3.8, 4) is 0 Å². The van der Waals surface area contributed by atoms with E-state index in [0.717, 1.165) is 18.8 Å². The van der Waals surface area contributed by atoms with Gasteiger partial charge in [0, 0.05) is 0 Å². The highest BCUT2D eigenvalue weighted by molar-refractivity contribution is 6.69. The Morgan fingerprint density at radius 3 is 2.19 bits per heavy atom. The van der Waals surface area contributed by atoms with E-state index in [9.17, 15) is 5.11 Å². The van der Waals surface area contributed by atoms with E-state index in [4.69, 9.17) is 4.43 Å². The van der Waals surface area contributed by atoms with Crippen LogP contribution in [0.3, 0.4) is 0 Å². The van der Waals surface area contributed by atoms with E-state index < -0.39 is 13.9 Å². The molecule has 0 amide bonds. The van der Waals surface area contributed by atoms with Crippen molar-refractivity contribution in [1.82, 2.24) is 0 Å². The second kappa shape index (κ2) is 3.33. The molecule has 0 aliphatic heterocycles. The second-order valence-corrected chi connectivity index (χ2v) is 12.0. The monoisotopic (exact) mass is 242 g/mol. The molecule has 2 fully saturated rings. The fraction of sp³-hybridized carbons (Fsp3) is 1.00. The average Bonchev–Trinajstić information content (AvgIpc) is 2.50. The molecule has 0 bridgehead atoms. The fourth-order valence-electron chi connectivity index (χ4n) is 3.39. The molecule has 2 rings (SSSR count). The van der Waals surface area contributed by atoms with E-state index in [0.29, 0.717) is 11.3 Å². The molecule has 0 saturated heterocycles. The summed E-state index contributed by atoms with van der Waals surface area (Å²) in [5.74, 6) is 1.48. The lowest BCUT2D eigenvalue weighted by molar-refractivity contribution is -0.0804. The summed E-state index contributed by atoms with van der Waals surface area (Å²) in [5, 5.41) is 10.5. The van der Waals surface area contributed by atoms with Gasteiger partial charge in [0.25, 0.3) is 0 Å². The van der Waals surface area contributed by atoms with E-state index in [1.165, 1.54) is 0 Å². The Bertz CT molecular complexity index is 291. The molecule has 2 aliphatic rings. The lowest BCUT2D eigenvalue weighted by Crippen LogP contribution is -2.49. The van der Waals surface area contributed by atoms with Crippen molar-refractivity contribution in [1.29, 1.82) is 0 Å². The molecule has 0 radical (unpaired) electrons. The second-order valence-electron chi connectivity index (χ2n) is 7.55. The lowest BCUT2D eigenvalue weighted by Gasteiger charge is -2.40. The van der Waals surface area contributed by atoms with Crippen molar-refractivity contribution in [3.05, 3.63) is 0 Å². The van der Waals surface area contributed by atoms with Crippen LogP contribution in [-0.4, -0.2) is 25.1 Å². The quantitative estimate of drug-likeness (QED) is 0.754. The summed E-state index contributed by atoms with van der Waals surface area (Å²) in [5.41, 5.74) is -0.184. The van der Waals surface area contributed by atoms with Crippen molar-refractivity contribution in [3.63, 3.8) is 0 Å². The van der Waals surface area contributed by atoms with Gasteiger partial charge in [-0.3, -0.25) is 0 Å². The van der Waals surface area contributed by atoms with Crippen molar-refractivity contribution >= 4 is 8.32 Å². The summed E-state index contributed by atoms with van der Waals surface area (Å²) in [6, 6.07) is 0. The highest BCUT2D eigenvalue weighted by Crippen LogP contribution is 2.66. The minimum absolute atomic E-state index is 0.0576. The summed E-state index contributed by atoms with van der Waals surface area (Å²) in [6.45, 7) is 13.2. The van der Waals surface area contributed by atoms with Crippen LogP contribution >= 0.6 is 0 Å². The predicted octanol–water partition coefficient (Wildman–Crippen LogP) is 3.02. The van der Waals surface area contributed by atoms with E-state index >= 15 is 0 Å². The Morgan fingerprint density at radius 1 is 1.12 bits per heavy atom. The summed E-state index contributed by atoms with van der Waals surface area (Å²) >= 11 is 0. The predicted molar refractivity (Wildman–Crippen MR) is 68.8 cm³/mol. The smallest absolute Gasteiger partial charge is 0.184 e. The maximum Gasteiger partial charge on any atom is 0.184 e. The van der Waals surface area contributed by atoms with Gasteiger partial charge >= 0.3 is 0 Å². The molecule has 16 heavy (non-hydrogen) atoms. The molecule has 94 valence electrons. The van der Waals surface area contributed by atoms with Crippen LogP contribution in [0, 0.1) is 17.3 Å². The van der Waals surface area contributed by atoms with Crippen LogP contribution < -0.4 is 0 Å². The van der Waals surface area contributed by atoms with Crippen molar-refractivity contribution in [2.24, 2.45) is 17.3 Å². The maximum atomic E-state index is 10.5. The van der Waals surface area contributed by atoms with Crippen molar-refractivity contribution < 1.29 is 9.53 Å². The van der Waals surface area contributed by atoms with Crippen LogP contribution in [0.1, 0.15) is 33.6 Å². The van der Waals surface area contributed by atoms with Gasteiger partial charge < -0.3 is 9.53 Å². The topological polar surface area (TPSA) is 29.5 Å². The number of hydrogen-bond acceptors (Lipinski definition) is 2. The van der Waals surface area contributed by atoms with Gasteiger partial charge in [0.1, 0.15) is 0 Å². The standard InChI is InChI=1S/C13H26O2Si/c1-12(2)9-7-11(15-16(4,5)6)13(3,14)8-10(9)12/h9-11,14H,7-8H2,1-6H3/t9-,10+,11-,13+/m1/s1. The van der Waals surface area contributed by atoms with Crippen LogP contribution in [0.15, 0.2) is 0 Å². The van der Waals surface area contributed by atoms with Crippen LogP contribution in [0.25, 0.3) is 0 Å². The average molecular weight is 242 g/mol. The fourth-order valence-corrected chi connectivity index (χ4v) is 4.60. The molecule has 2 aliphatic carbocycles. The van der Waals surface area contributed by atoms with E-state index in [1.54, 1.807) is 0 Å². The zero-order valence-corrected chi connectivity index (χ0v) is 12.5. The third kappa shape index (κ3) is 2.09. The number of fused-ring (bicyclic) bond motifs is 1. The summed E-state index contributed by atoms with van der Waals surface area (Å²) < 4.78 is 6.17. The minimum Gasteiger partial charge on any atom is -0.412 e. The van der Waals surface area contributed by atoms with Gasteiger partial charge in [-0.1, -0.05) is 13.8 Å². The first-order chi connectivity index (χ1) is 7.04. The van der Waals surface area contributed by atoms with Gasteiger partial charge in [0.15, 0.2) is 8.32 Å². The largest absolute Gasteiger partial charge is 0.412 e. The third-order valence-corrected chi connectivity index (χ3v) is 5.57. The minimum atomic E-state index is -1.55. The zero-order valence-electron chi connectivity index (χ0n) is 11.5. The van der Waals surface area contributed by atoms with Crippen molar-refractivity contribution in [2.75, 3.05) is 0 Å². The molecule has 0 aromatic carbocycles. The van der Waals surface area contributed by atoms with E-state index in [1.807, 2.05) is 6.92 Å². The highest BCUT2D eigenvalue weighted by Gasteiger charge is 2.64. The van der Waals surface area contributed by atoms with Gasteiger partial charge in [0.2, 0.25) is 0 Å². The number of hydrogen-bond donors (Lipinski definition) is 1. The maximum absolute atomic E-state index is 10.5. The molecule has 1 N–H and O–H groups in total. The van der Waals surface area contributed by atoms with Gasteiger partial charge in [0.05, 0.1) is 11.7 Å². The molecule has 0 aromatic rings. The Morgan fingerprint density at radius 2 is 1.69 bits per heavy atom. The molecule has 0 unspecified atom stereocenters. The van der Waals surface area contributed by atoms with Gasteiger partial charge in [-0.25, -0.2) is 0 Å². The van der Waals surface area contributed by atoms with Gasteiger partial charge in [-0.2, -0.15) is 0 Å². The first kappa shape index (κ1) is 12.6. The summed E-state index contributed by atoms with van der Waals surface area (Å²) in [7, 11) is -1.55. The third-order valence-electron chi connectivity index (χ3n) is 4.58. The molecule has 0 spiro atoms. The van der Waals surface area contributed by atoms with Gasteiger partial charge in [-0.05, 0) is 56.7 Å². The Balaban J connectivity index is 2.09. The first-order valence-electron chi connectivity index (χ1n) is 6.44. The van der Waals surface area contributed by atoms with E-state index in [2.05, 4.69) is 33.5 Å². The lowest BCUT2D eigenvalue weighted by atomic mass is 9.84. The number of rotatable bonds is 2.